The average molecular weight is 305 g/mol. The highest BCUT2D eigenvalue weighted by atomic mass is 35.5. The number of carbonyl (C=O) groups excluding carboxylic acids is 1. The van der Waals surface area contributed by atoms with Gasteiger partial charge in [0.1, 0.15) is 0 Å². The first-order valence-electron chi connectivity index (χ1n) is 6.33. The molecule has 1 aromatic rings. The van der Waals surface area contributed by atoms with Crippen molar-refractivity contribution in [1.82, 2.24) is 10.6 Å². The van der Waals surface area contributed by atoms with E-state index in [1.807, 2.05) is 6.07 Å². The Hall–Kier alpha value is -0.620. The highest BCUT2D eigenvalue weighted by molar-refractivity contribution is 7.10. The van der Waals surface area contributed by atoms with E-state index < -0.39 is 0 Å². The van der Waals surface area contributed by atoms with Crippen molar-refractivity contribution in [2.45, 2.75) is 18.9 Å². The van der Waals surface area contributed by atoms with Crippen LogP contribution in [0.4, 0.5) is 0 Å². The number of hydrogen-bond donors (Lipinski definition) is 2. The van der Waals surface area contributed by atoms with Crippen LogP contribution < -0.4 is 10.6 Å². The molecule has 1 aromatic heterocycles. The molecule has 19 heavy (non-hydrogen) atoms. The van der Waals surface area contributed by atoms with Gasteiger partial charge in [0.2, 0.25) is 5.91 Å². The maximum absolute atomic E-state index is 11.8. The first-order chi connectivity index (χ1) is 8.81. The molecule has 1 aliphatic rings. The van der Waals surface area contributed by atoms with Crippen LogP contribution in [-0.2, 0) is 9.53 Å². The molecular formula is C13H21ClN2O2S. The maximum Gasteiger partial charge on any atom is 0.234 e. The summed E-state index contributed by atoms with van der Waals surface area (Å²) < 4.78 is 4.92. The minimum Gasteiger partial charge on any atom is -0.383 e. The van der Waals surface area contributed by atoms with Gasteiger partial charge in [-0.2, -0.15) is 0 Å². The molecule has 0 aliphatic heterocycles. The Morgan fingerprint density at radius 1 is 1.58 bits per heavy atom. The summed E-state index contributed by atoms with van der Waals surface area (Å²) >= 11 is 1.72. The molecule has 1 amide bonds. The number of halogens is 1. The third kappa shape index (κ3) is 5.48. The van der Waals surface area contributed by atoms with Crippen LogP contribution >= 0.6 is 23.7 Å². The lowest BCUT2D eigenvalue weighted by atomic mass is 10.1. The maximum atomic E-state index is 11.8. The first-order valence-corrected chi connectivity index (χ1v) is 7.21. The zero-order valence-electron chi connectivity index (χ0n) is 11.1. The van der Waals surface area contributed by atoms with Crippen molar-refractivity contribution in [2.75, 3.05) is 26.8 Å². The Bertz CT molecular complexity index is 369. The number of methoxy groups -OCH3 is 1. The number of nitrogens with one attached hydrogen (secondary N) is 2. The number of hydrogen-bond acceptors (Lipinski definition) is 4. The molecule has 1 aliphatic carbocycles. The van der Waals surface area contributed by atoms with Crippen LogP contribution in [0.1, 0.15) is 23.8 Å². The molecule has 1 atom stereocenters. The minimum atomic E-state index is 0. The molecule has 1 fully saturated rings. The number of carbonyl (C=O) groups is 1. The van der Waals surface area contributed by atoms with Crippen molar-refractivity contribution in [1.29, 1.82) is 0 Å². The van der Waals surface area contributed by atoms with Crippen LogP contribution in [-0.4, -0.2) is 32.7 Å². The Morgan fingerprint density at radius 3 is 2.95 bits per heavy atom. The number of amides is 1. The quantitative estimate of drug-likeness (QED) is 0.722. The zero-order valence-corrected chi connectivity index (χ0v) is 12.7. The minimum absolute atomic E-state index is 0. The lowest BCUT2D eigenvalue weighted by molar-refractivity contribution is -0.121. The molecule has 0 radical (unpaired) electrons. The molecule has 1 heterocycles. The molecule has 0 bridgehead atoms. The van der Waals surface area contributed by atoms with Gasteiger partial charge in [0.25, 0.3) is 0 Å². The molecule has 0 spiro atoms. The average Bonchev–Trinajstić information content (AvgIpc) is 3.06. The lowest BCUT2D eigenvalue weighted by Crippen LogP contribution is -2.37. The third-order valence-corrected chi connectivity index (χ3v) is 3.98. The Balaban J connectivity index is 0.00000180. The van der Waals surface area contributed by atoms with E-state index in [0.29, 0.717) is 25.6 Å². The first kappa shape index (κ1) is 16.4. The van der Waals surface area contributed by atoms with E-state index >= 15 is 0 Å². The van der Waals surface area contributed by atoms with Gasteiger partial charge in [0.05, 0.1) is 19.2 Å². The standard InChI is InChI=1S/C13H20N2O2S.ClH/c1-17-7-6-14-9-12(16)15-13(10-4-5-10)11-3-2-8-18-11;/h2-3,8,10,13-14H,4-7,9H2,1H3,(H,15,16);1H. The molecule has 108 valence electrons. The van der Waals surface area contributed by atoms with Crippen molar-refractivity contribution >= 4 is 29.7 Å². The van der Waals surface area contributed by atoms with Crippen LogP contribution in [0.25, 0.3) is 0 Å². The van der Waals surface area contributed by atoms with Crippen LogP contribution in [0.3, 0.4) is 0 Å². The molecule has 4 nitrogen and oxygen atoms in total. The largest absolute Gasteiger partial charge is 0.383 e. The van der Waals surface area contributed by atoms with Crippen LogP contribution in [0, 0.1) is 5.92 Å². The normalized spacial score (nSPS) is 15.6. The summed E-state index contributed by atoms with van der Waals surface area (Å²) in [5.41, 5.74) is 0. The van der Waals surface area contributed by atoms with E-state index in [1.54, 1.807) is 18.4 Å². The highest BCUT2D eigenvalue weighted by Gasteiger charge is 2.33. The van der Waals surface area contributed by atoms with E-state index in [1.165, 1.54) is 17.7 Å². The fourth-order valence-electron chi connectivity index (χ4n) is 1.92. The number of thiophene rings is 1. The predicted octanol–water partition coefficient (Wildman–Crippen LogP) is 1.97. The summed E-state index contributed by atoms with van der Waals surface area (Å²) in [4.78, 5) is 13.1. The molecule has 2 N–H and O–H groups in total. The molecule has 1 unspecified atom stereocenters. The summed E-state index contributed by atoms with van der Waals surface area (Å²) in [7, 11) is 1.65. The SMILES string of the molecule is COCCNCC(=O)NC(c1cccs1)C1CC1.Cl. The number of rotatable bonds is 8. The molecular weight excluding hydrogens is 284 g/mol. The van der Waals surface area contributed by atoms with Gasteiger partial charge < -0.3 is 15.4 Å². The Morgan fingerprint density at radius 2 is 2.37 bits per heavy atom. The second-order valence-electron chi connectivity index (χ2n) is 4.57. The lowest BCUT2D eigenvalue weighted by Gasteiger charge is -2.17. The topological polar surface area (TPSA) is 50.4 Å². The van der Waals surface area contributed by atoms with Crippen LogP contribution in [0.5, 0.6) is 0 Å². The molecule has 0 saturated heterocycles. The van der Waals surface area contributed by atoms with E-state index in [-0.39, 0.29) is 24.4 Å². The van der Waals surface area contributed by atoms with Crippen LogP contribution in [0.15, 0.2) is 17.5 Å². The summed E-state index contributed by atoms with van der Waals surface area (Å²) in [5.74, 6) is 0.697. The van der Waals surface area contributed by atoms with Gasteiger partial charge in [-0.1, -0.05) is 6.07 Å². The van der Waals surface area contributed by atoms with Gasteiger partial charge in [-0.3, -0.25) is 4.79 Å². The van der Waals surface area contributed by atoms with Crippen molar-refractivity contribution in [2.24, 2.45) is 5.92 Å². The van der Waals surface area contributed by atoms with Gasteiger partial charge in [-0.25, -0.2) is 0 Å². The van der Waals surface area contributed by atoms with E-state index in [9.17, 15) is 4.79 Å². The fourth-order valence-corrected chi connectivity index (χ4v) is 2.79. The van der Waals surface area contributed by atoms with Crippen molar-refractivity contribution in [3.05, 3.63) is 22.4 Å². The van der Waals surface area contributed by atoms with Crippen LogP contribution in [0.2, 0.25) is 0 Å². The van der Waals surface area contributed by atoms with E-state index in [0.717, 1.165) is 0 Å². The Labute approximate surface area is 124 Å². The van der Waals surface area contributed by atoms with Crippen molar-refractivity contribution in [3.8, 4) is 0 Å². The second-order valence-corrected chi connectivity index (χ2v) is 5.55. The van der Waals surface area contributed by atoms with Gasteiger partial charge in [0.15, 0.2) is 0 Å². The summed E-state index contributed by atoms with van der Waals surface area (Å²) in [6.07, 6.45) is 2.44. The second kappa shape index (κ2) is 8.53. The summed E-state index contributed by atoms with van der Waals surface area (Å²) in [6, 6.07) is 4.35. The molecule has 0 aromatic carbocycles. The highest BCUT2D eigenvalue weighted by Crippen LogP contribution is 2.42. The zero-order chi connectivity index (χ0) is 12.8. The molecule has 1 saturated carbocycles. The van der Waals surface area contributed by atoms with Crippen molar-refractivity contribution < 1.29 is 9.53 Å². The van der Waals surface area contributed by atoms with Crippen molar-refractivity contribution in [3.63, 3.8) is 0 Å². The van der Waals surface area contributed by atoms with Gasteiger partial charge in [0, 0.05) is 18.5 Å². The smallest absolute Gasteiger partial charge is 0.234 e. The molecule has 2 rings (SSSR count). The molecule has 6 heteroatoms. The van der Waals surface area contributed by atoms with Gasteiger partial charge >= 0.3 is 0 Å². The van der Waals surface area contributed by atoms with E-state index in [2.05, 4.69) is 22.1 Å². The van der Waals surface area contributed by atoms with Gasteiger partial charge in [-0.05, 0) is 30.2 Å². The predicted molar refractivity (Wildman–Crippen MR) is 79.9 cm³/mol. The Kier molecular flexibility index (Phi) is 7.38. The monoisotopic (exact) mass is 304 g/mol. The summed E-state index contributed by atoms with van der Waals surface area (Å²) in [6.45, 7) is 1.69. The van der Waals surface area contributed by atoms with Gasteiger partial charge in [-0.15, -0.1) is 23.7 Å². The third-order valence-electron chi connectivity index (χ3n) is 3.03. The summed E-state index contributed by atoms with van der Waals surface area (Å²) in [5, 5.41) is 8.25. The fraction of sp³-hybridized carbons (Fsp3) is 0.615. The van der Waals surface area contributed by atoms with E-state index in [4.69, 9.17) is 4.74 Å². The number of ether oxygens (including phenoxy) is 1.